The van der Waals surface area contributed by atoms with Crippen LogP contribution in [0.3, 0.4) is 0 Å². The van der Waals surface area contributed by atoms with Crippen molar-refractivity contribution in [2.24, 2.45) is 5.92 Å². The standard InChI is InChI=1S/C20H19F4NO4S/c21-17-5-7-18(8-6-17)30(27,28)25-11-9-15(10-12-25)19(26)29-13-14-1-3-16(4-2-14)20(22,23)24/h1-8,15H,9-13H2. The Hall–Kier alpha value is -2.46. The molecule has 162 valence electrons. The number of ether oxygens (including phenoxy) is 1. The Balaban J connectivity index is 1.52. The maximum absolute atomic E-state index is 13.0. The fraction of sp³-hybridized carbons (Fsp3) is 0.350. The molecule has 1 heterocycles. The van der Waals surface area contributed by atoms with Crippen LogP contribution in [0.2, 0.25) is 0 Å². The van der Waals surface area contributed by atoms with E-state index >= 15 is 0 Å². The van der Waals surface area contributed by atoms with Crippen molar-refractivity contribution in [1.82, 2.24) is 4.31 Å². The van der Waals surface area contributed by atoms with Crippen LogP contribution in [0.15, 0.2) is 53.4 Å². The number of sulfonamides is 1. The molecule has 0 saturated carbocycles. The normalized spacial score (nSPS) is 16.4. The average molecular weight is 445 g/mol. The van der Waals surface area contributed by atoms with E-state index in [9.17, 15) is 30.8 Å². The van der Waals surface area contributed by atoms with Gasteiger partial charge in [-0.15, -0.1) is 0 Å². The van der Waals surface area contributed by atoms with Gasteiger partial charge >= 0.3 is 12.1 Å². The molecule has 30 heavy (non-hydrogen) atoms. The van der Waals surface area contributed by atoms with Crippen molar-refractivity contribution >= 4 is 16.0 Å². The molecule has 0 amide bonds. The van der Waals surface area contributed by atoms with Crippen LogP contribution >= 0.6 is 0 Å². The minimum Gasteiger partial charge on any atom is -0.461 e. The summed E-state index contributed by atoms with van der Waals surface area (Å²) in [6.45, 7) is 0.0601. The lowest BCUT2D eigenvalue weighted by Crippen LogP contribution is -2.40. The van der Waals surface area contributed by atoms with Crippen LogP contribution < -0.4 is 0 Å². The van der Waals surface area contributed by atoms with E-state index in [0.717, 1.165) is 24.3 Å². The van der Waals surface area contributed by atoms with Gasteiger partial charge in [0.1, 0.15) is 12.4 Å². The smallest absolute Gasteiger partial charge is 0.416 e. The number of nitrogens with zero attached hydrogens (tertiary/aromatic N) is 1. The topological polar surface area (TPSA) is 63.7 Å². The lowest BCUT2D eigenvalue weighted by Gasteiger charge is -2.30. The van der Waals surface area contributed by atoms with Gasteiger partial charge in [0, 0.05) is 13.1 Å². The van der Waals surface area contributed by atoms with E-state index in [-0.39, 0.29) is 37.4 Å². The van der Waals surface area contributed by atoms with E-state index in [4.69, 9.17) is 4.74 Å². The molecular weight excluding hydrogens is 426 g/mol. The van der Waals surface area contributed by atoms with Crippen LogP contribution in [0.5, 0.6) is 0 Å². The Labute approximate surface area is 171 Å². The van der Waals surface area contributed by atoms with E-state index in [2.05, 4.69) is 0 Å². The summed E-state index contributed by atoms with van der Waals surface area (Å²) in [5, 5.41) is 0. The van der Waals surface area contributed by atoms with Crippen LogP contribution in [-0.4, -0.2) is 31.8 Å². The van der Waals surface area contributed by atoms with Crippen LogP contribution in [0.25, 0.3) is 0 Å². The first-order chi connectivity index (χ1) is 14.1. The molecule has 5 nitrogen and oxygen atoms in total. The first kappa shape index (κ1) is 22.2. The van der Waals surface area contributed by atoms with Gasteiger partial charge in [-0.2, -0.15) is 17.5 Å². The highest BCUT2D eigenvalue weighted by molar-refractivity contribution is 7.89. The molecule has 0 spiro atoms. The molecule has 0 aliphatic carbocycles. The number of rotatable bonds is 5. The number of alkyl halides is 3. The van der Waals surface area contributed by atoms with Crippen molar-refractivity contribution in [3.05, 3.63) is 65.5 Å². The summed E-state index contributed by atoms with van der Waals surface area (Å²) in [5.41, 5.74) is -0.361. The second-order valence-corrected chi connectivity index (χ2v) is 8.87. The molecule has 10 heteroatoms. The van der Waals surface area contributed by atoms with Gasteiger partial charge in [-0.3, -0.25) is 4.79 Å². The summed E-state index contributed by atoms with van der Waals surface area (Å²) >= 11 is 0. The van der Waals surface area contributed by atoms with Crippen molar-refractivity contribution in [2.75, 3.05) is 13.1 Å². The molecule has 3 rings (SSSR count). The Morgan fingerprint density at radius 3 is 2.10 bits per heavy atom. The molecule has 2 aromatic rings. The highest BCUT2D eigenvalue weighted by Crippen LogP contribution is 2.29. The van der Waals surface area contributed by atoms with Crippen LogP contribution in [0, 0.1) is 11.7 Å². The van der Waals surface area contributed by atoms with Gasteiger partial charge < -0.3 is 4.74 Å². The van der Waals surface area contributed by atoms with E-state index < -0.39 is 39.5 Å². The molecular formula is C20H19F4NO4S. The maximum atomic E-state index is 13.0. The Morgan fingerprint density at radius 2 is 1.57 bits per heavy atom. The Kier molecular flexibility index (Phi) is 6.47. The second-order valence-electron chi connectivity index (χ2n) is 6.93. The lowest BCUT2D eigenvalue weighted by atomic mass is 9.98. The third-order valence-electron chi connectivity index (χ3n) is 4.90. The largest absolute Gasteiger partial charge is 0.461 e. The van der Waals surface area contributed by atoms with Crippen molar-refractivity contribution < 1.29 is 35.5 Å². The molecule has 0 N–H and O–H groups in total. The van der Waals surface area contributed by atoms with Gasteiger partial charge in [0.25, 0.3) is 0 Å². The highest BCUT2D eigenvalue weighted by Gasteiger charge is 2.33. The average Bonchev–Trinajstić information content (AvgIpc) is 2.72. The summed E-state index contributed by atoms with van der Waals surface area (Å²) in [6.07, 6.45) is -3.92. The van der Waals surface area contributed by atoms with E-state index in [1.807, 2.05) is 0 Å². The zero-order valence-corrected chi connectivity index (χ0v) is 16.5. The van der Waals surface area contributed by atoms with Gasteiger partial charge in [-0.25, -0.2) is 12.8 Å². The van der Waals surface area contributed by atoms with Crippen molar-refractivity contribution in [2.45, 2.75) is 30.5 Å². The minimum absolute atomic E-state index is 0.0211. The lowest BCUT2D eigenvalue weighted by molar-refractivity contribution is -0.151. The zero-order chi connectivity index (χ0) is 21.9. The third-order valence-corrected chi connectivity index (χ3v) is 6.81. The first-order valence-electron chi connectivity index (χ1n) is 9.16. The SMILES string of the molecule is O=C(OCc1ccc(C(F)(F)F)cc1)C1CCN(S(=O)(=O)c2ccc(F)cc2)CC1. The summed E-state index contributed by atoms with van der Waals surface area (Å²) in [7, 11) is -3.78. The molecule has 0 aromatic heterocycles. The van der Waals surface area contributed by atoms with Gasteiger partial charge in [0.05, 0.1) is 16.4 Å². The number of carbonyl (C=O) groups is 1. The molecule has 1 fully saturated rings. The molecule has 1 saturated heterocycles. The molecule has 2 aromatic carbocycles. The van der Waals surface area contributed by atoms with E-state index in [0.29, 0.717) is 5.56 Å². The number of carbonyl (C=O) groups excluding carboxylic acids is 1. The number of hydrogen-bond acceptors (Lipinski definition) is 4. The Morgan fingerprint density at radius 1 is 1.00 bits per heavy atom. The van der Waals surface area contributed by atoms with Gasteiger partial charge in [-0.05, 0) is 54.8 Å². The third kappa shape index (κ3) is 5.17. The number of halogens is 4. The van der Waals surface area contributed by atoms with Gasteiger partial charge in [0.15, 0.2) is 0 Å². The van der Waals surface area contributed by atoms with Crippen molar-refractivity contribution in [1.29, 1.82) is 0 Å². The van der Waals surface area contributed by atoms with Crippen LogP contribution in [0.4, 0.5) is 17.6 Å². The summed E-state index contributed by atoms with van der Waals surface area (Å²) in [5.74, 6) is -1.56. The van der Waals surface area contributed by atoms with Gasteiger partial charge in [-0.1, -0.05) is 12.1 Å². The summed E-state index contributed by atoms with van der Waals surface area (Å²) in [6, 6.07) is 8.84. The fourth-order valence-corrected chi connectivity index (χ4v) is 4.62. The Bertz CT molecular complexity index is 981. The maximum Gasteiger partial charge on any atom is 0.416 e. The van der Waals surface area contributed by atoms with Crippen LogP contribution in [0.1, 0.15) is 24.0 Å². The quantitative estimate of drug-likeness (QED) is 0.516. The zero-order valence-electron chi connectivity index (χ0n) is 15.7. The molecule has 1 aliphatic heterocycles. The van der Waals surface area contributed by atoms with Crippen molar-refractivity contribution in [3.63, 3.8) is 0 Å². The summed E-state index contributed by atoms with van der Waals surface area (Å²) < 4.78 is 82.3. The molecule has 1 aliphatic rings. The number of benzene rings is 2. The van der Waals surface area contributed by atoms with E-state index in [1.165, 1.54) is 28.6 Å². The predicted octanol–water partition coefficient (Wildman–Crippen LogP) is 3.99. The monoisotopic (exact) mass is 445 g/mol. The summed E-state index contributed by atoms with van der Waals surface area (Å²) in [4.78, 5) is 12.2. The molecule has 0 bridgehead atoms. The number of hydrogen-bond donors (Lipinski definition) is 0. The highest BCUT2D eigenvalue weighted by atomic mass is 32.2. The second kappa shape index (κ2) is 8.73. The minimum atomic E-state index is -4.43. The number of esters is 1. The van der Waals surface area contributed by atoms with Crippen molar-refractivity contribution in [3.8, 4) is 0 Å². The van der Waals surface area contributed by atoms with E-state index in [1.54, 1.807) is 0 Å². The van der Waals surface area contributed by atoms with Gasteiger partial charge in [0.2, 0.25) is 10.0 Å². The molecule has 0 radical (unpaired) electrons. The predicted molar refractivity (Wildman–Crippen MR) is 99.1 cm³/mol. The fourth-order valence-electron chi connectivity index (χ4n) is 3.15. The molecule has 0 atom stereocenters. The number of piperidine rings is 1. The van der Waals surface area contributed by atoms with Crippen LogP contribution in [-0.2, 0) is 32.3 Å². The first-order valence-corrected chi connectivity index (χ1v) is 10.6. The molecule has 0 unspecified atom stereocenters.